The van der Waals surface area contributed by atoms with Crippen LogP contribution in [0.15, 0.2) is 54.6 Å². The Labute approximate surface area is 133 Å². The normalized spacial score (nSPS) is 9.91. The van der Waals surface area contributed by atoms with E-state index in [0.717, 1.165) is 22.2 Å². The standard InChI is InChI=1S/C18H15N3O2/c22-18(23-13-14-7-2-1-3-8-14)19-12-6-11-17-15-9-4-5-10-16(15)20-21-17/h1-5,7-10H,12-13H2,(H,19,22)(H,20,21). The van der Waals surface area contributed by atoms with Gasteiger partial charge in [0, 0.05) is 5.39 Å². The molecule has 3 aromatic rings. The molecular weight excluding hydrogens is 290 g/mol. The van der Waals surface area contributed by atoms with Crippen LogP contribution in [0.1, 0.15) is 11.3 Å². The minimum absolute atomic E-state index is 0.209. The molecule has 2 aromatic carbocycles. The van der Waals surface area contributed by atoms with Crippen LogP contribution in [-0.2, 0) is 11.3 Å². The summed E-state index contributed by atoms with van der Waals surface area (Å²) < 4.78 is 5.10. The van der Waals surface area contributed by atoms with Crippen LogP contribution in [0.4, 0.5) is 4.79 Å². The van der Waals surface area contributed by atoms with E-state index in [2.05, 4.69) is 27.4 Å². The monoisotopic (exact) mass is 305 g/mol. The van der Waals surface area contributed by atoms with Gasteiger partial charge in [-0.1, -0.05) is 48.4 Å². The van der Waals surface area contributed by atoms with Crippen molar-refractivity contribution in [2.24, 2.45) is 0 Å². The molecule has 1 aromatic heterocycles. The maximum Gasteiger partial charge on any atom is 0.408 e. The molecule has 0 radical (unpaired) electrons. The van der Waals surface area contributed by atoms with Crippen molar-refractivity contribution in [2.75, 3.05) is 6.54 Å². The maximum absolute atomic E-state index is 11.6. The fourth-order valence-electron chi connectivity index (χ4n) is 2.08. The number of hydrogen-bond donors (Lipinski definition) is 2. The maximum atomic E-state index is 11.6. The van der Waals surface area contributed by atoms with Gasteiger partial charge in [0.25, 0.3) is 0 Å². The Balaban J connectivity index is 1.49. The summed E-state index contributed by atoms with van der Waals surface area (Å²) in [5, 5.41) is 10.6. The van der Waals surface area contributed by atoms with E-state index in [1.807, 2.05) is 54.6 Å². The van der Waals surface area contributed by atoms with Crippen LogP contribution < -0.4 is 5.32 Å². The molecule has 0 aliphatic rings. The third-order valence-corrected chi connectivity index (χ3v) is 3.21. The molecule has 23 heavy (non-hydrogen) atoms. The van der Waals surface area contributed by atoms with Crippen LogP contribution in [0.25, 0.3) is 10.9 Å². The van der Waals surface area contributed by atoms with E-state index < -0.39 is 6.09 Å². The first-order valence-corrected chi connectivity index (χ1v) is 7.19. The third-order valence-electron chi connectivity index (χ3n) is 3.21. The number of fused-ring (bicyclic) bond motifs is 1. The first-order valence-electron chi connectivity index (χ1n) is 7.19. The molecule has 0 fully saturated rings. The number of nitrogens with zero attached hydrogens (tertiary/aromatic N) is 1. The Morgan fingerprint density at radius 3 is 2.78 bits per heavy atom. The highest BCUT2D eigenvalue weighted by Crippen LogP contribution is 2.13. The van der Waals surface area contributed by atoms with Crippen molar-refractivity contribution in [1.82, 2.24) is 15.5 Å². The molecule has 5 nitrogen and oxygen atoms in total. The van der Waals surface area contributed by atoms with Crippen molar-refractivity contribution >= 4 is 17.0 Å². The lowest BCUT2D eigenvalue weighted by Crippen LogP contribution is -2.24. The molecule has 0 bridgehead atoms. The summed E-state index contributed by atoms with van der Waals surface area (Å²) in [5.41, 5.74) is 2.55. The molecule has 1 heterocycles. The summed E-state index contributed by atoms with van der Waals surface area (Å²) in [4.78, 5) is 11.6. The predicted molar refractivity (Wildman–Crippen MR) is 87.6 cm³/mol. The van der Waals surface area contributed by atoms with Crippen LogP contribution >= 0.6 is 0 Å². The van der Waals surface area contributed by atoms with Crippen molar-refractivity contribution in [2.45, 2.75) is 6.61 Å². The summed E-state index contributed by atoms with van der Waals surface area (Å²) in [6.45, 7) is 0.451. The van der Waals surface area contributed by atoms with Crippen molar-refractivity contribution in [3.63, 3.8) is 0 Å². The topological polar surface area (TPSA) is 67.0 Å². The second kappa shape index (κ2) is 7.14. The number of nitrogens with one attached hydrogen (secondary N) is 2. The molecule has 5 heteroatoms. The van der Waals surface area contributed by atoms with Crippen LogP contribution in [0.3, 0.4) is 0 Å². The summed E-state index contributed by atoms with van der Waals surface area (Å²) in [5.74, 6) is 5.83. The molecule has 114 valence electrons. The van der Waals surface area contributed by atoms with E-state index in [-0.39, 0.29) is 13.2 Å². The molecule has 0 unspecified atom stereocenters. The Morgan fingerprint density at radius 1 is 1.13 bits per heavy atom. The lowest BCUT2D eigenvalue weighted by molar-refractivity contribution is 0.141. The average Bonchev–Trinajstić information content (AvgIpc) is 3.01. The quantitative estimate of drug-likeness (QED) is 0.731. The highest BCUT2D eigenvalue weighted by atomic mass is 16.5. The van der Waals surface area contributed by atoms with Crippen molar-refractivity contribution in [3.8, 4) is 11.8 Å². The van der Waals surface area contributed by atoms with Crippen molar-refractivity contribution in [1.29, 1.82) is 0 Å². The number of carbonyl (C=O) groups is 1. The molecule has 3 rings (SSSR count). The van der Waals surface area contributed by atoms with E-state index in [4.69, 9.17) is 4.74 Å². The highest BCUT2D eigenvalue weighted by Gasteiger charge is 2.02. The van der Waals surface area contributed by atoms with Crippen LogP contribution in [0.5, 0.6) is 0 Å². The van der Waals surface area contributed by atoms with Crippen LogP contribution in [-0.4, -0.2) is 22.8 Å². The van der Waals surface area contributed by atoms with Gasteiger partial charge in [0.2, 0.25) is 0 Å². The number of aromatic amines is 1. The Hall–Kier alpha value is -3.26. The molecule has 0 saturated carbocycles. The number of alkyl carbamates (subject to hydrolysis) is 1. The number of benzene rings is 2. The fourth-order valence-corrected chi connectivity index (χ4v) is 2.08. The number of amides is 1. The van der Waals surface area contributed by atoms with E-state index in [0.29, 0.717) is 0 Å². The van der Waals surface area contributed by atoms with Crippen LogP contribution in [0.2, 0.25) is 0 Å². The van der Waals surface area contributed by atoms with E-state index in [1.165, 1.54) is 0 Å². The van der Waals surface area contributed by atoms with E-state index in [9.17, 15) is 4.79 Å². The van der Waals surface area contributed by atoms with Gasteiger partial charge >= 0.3 is 6.09 Å². The number of para-hydroxylation sites is 1. The highest BCUT2D eigenvalue weighted by molar-refractivity contribution is 5.83. The molecule has 0 atom stereocenters. The largest absolute Gasteiger partial charge is 0.445 e. The van der Waals surface area contributed by atoms with Gasteiger partial charge < -0.3 is 10.1 Å². The zero-order valence-electron chi connectivity index (χ0n) is 12.4. The van der Waals surface area contributed by atoms with Crippen molar-refractivity contribution < 1.29 is 9.53 Å². The summed E-state index contributed by atoms with van der Waals surface area (Å²) in [7, 11) is 0. The van der Waals surface area contributed by atoms with Crippen molar-refractivity contribution in [3.05, 3.63) is 65.9 Å². The second-order valence-corrected chi connectivity index (χ2v) is 4.83. The number of carbonyl (C=O) groups excluding carboxylic acids is 1. The van der Waals surface area contributed by atoms with Gasteiger partial charge in [-0.25, -0.2) is 4.79 Å². The number of hydrogen-bond acceptors (Lipinski definition) is 3. The molecule has 0 spiro atoms. The number of rotatable bonds is 3. The van der Waals surface area contributed by atoms with E-state index in [1.54, 1.807) is 0 Å². The van der Waals surface area contributed by atoms with Gasteiger partial charge in [0.1, 0.15) is 12.3 Å². The van der Waals surface area contributed by atoms with Crippen LogP contribution in [0, 0.1) is 11.8 Å². The summed E-state index contributed by atoms with van der Waals surface area (Å²) >= 11 is 0. The van der Waals surface area contributed by atoms with Gasteiger partial charge in [0.05, 0.1) is 12.1 Å². The minimum Gasteiger partial charge on any atom is -0.445 e. The van der Waals surface area contributed by atoms with Gasteiger partial charge in [-0.05, 0) is 23.6 Å². The molecule has 0 aliphatic carbocycles. The zero-order valence-corrected chi connectivity index (χ0v) is 12.4. The van der Waals surface area contributed by atoms with Gasteiger partial charge in [-0.15, -0.1) is 0 Å². The minimum atomic E-state index is -0.488. The SMILES string of the molecule is O=C(NCC#Cc1[nH]nc2ccccc12)OCc1ccccc1. The van der Waals surface area contributed by atoms with E-state index >= 15 is 0 Å². The average molecular weight is 305 g/mol. The Kier molecular flexibility index (Phi) is 4.55. The van der Waals surface area contributed by atoms with Gasteiger partial charge in [-0.2, -0.15) is 5.10 Å². The lowest BCUT2D eigenvalue weighted by atomic mass is 10.2. The van der Waals surface area contributed by atoms with Gasteiger partial charge in [-0.3, -0.25) is 5.10 Å². The smallest absolute Gasteiger partial charge is 0.408 e. The van der Waals surface area contributed by atoms with Gasteiger partial charge in [0.15, 0.2) is 0 Å². The molecular formula is C18H15N3O2. The third kappa shape index (κ3) is 3.89. The first kappa shape index (κ1) is 14.7. The number of aromatic nitrogens is 2. The lowest BCUT2D eigenvalue weighted by Gasteiger charge is -2.04. The zero-order chi connectivity index (χ0) is 15.9. The Morgan fingerprint density at radius 2 is 1.91 bits per heavy atom. The fraction of sp³-hybridized carbons (Fsp3) is 0.111. The number of ether oxygens (including phenoxy) is 1. The molecule has 0 aliphatic heterocycles. The summed E-state index contributed by atoms with van der Waals surface area (Å²) in [6, 6.07) is 17.2. The summed E-state index contributed by atoms with van der Waals surface area (Å²) in [6.07, 6.45) is -0.488. The molecule has 1 amide bonds. The second-order valence-electron chi connectivity index (χ2n) is 4.83. The Bertz CT molecular complexity index is 860. The number of H-pyrrole nitrogens is 1. The molecule has 0 saturated heterocycles. The molecule has 2 N–H and O–H groups in total. The first-order chi connectivity index (χ1) is 11.3. The predicted octanol–water partition coefficient (Wildman–Crippen LogP) is 2.84.